The fourth-order valence-corrected chi connectivity index (χ4v) is 3.27. The summed E-state index contributed by atoms with van der Waals surface area (Å²) < 4.78 is 40.3. The zero-order chi connectivity index (χ0) is 20.6. The average molecular weight is 399 g/mol. The Morgan fingerprint density at radius 2 is 1.79 bits per heavy atom. The first-order valence-electron chi connectivity index (χ1n) is 8.75. The molecule has 1 atom stereocenters. The van der Waals surface area contributed by atoms with E-state index in [2.05, 4.69) is 20.7 Å². The Kier molecular flexibility index (Phi) is 4.57. The molecule has 0 saturated heterocycles. The molecule has 1 unspecified atom stereocenters. The van der Waals surface area contributed by atoms with Crippen LogP contribution in [-0.2, 0) is 11.0 Å². The van der Waals surface area contributed by atoms with Gasteiger partial charge in [-0.25, -0.2) is 4.68 Å². The predicted octanol–water partition coefficient (Wildman–Crippen LogP) is 4.22. The minimum Gasteiger partial charge on any atom is -0.328 e. The maximum Gasteiger partial charge on any atom is 0.416 e. The molecule has 1 aliphatic rings. The van der Waals surface area contributed by atoms with E-state index >= 15 is 0 Å². The summed E-state index contributed by atoms with van der Waals surface area (Å²) in [4.78, 5) is 17.2. The molecule has 0 fully saturated rings. The number of para-hydroxylation sites is 1. The van der Waals surface area contributed by atoms with Crippen molar-refractivity contribution < 1.29 is 18.0 Å². The Bertz CT molecular complexity index is 1070. The number of amides is 1. The van der Waals surface area contributed by atoms with E-state index < -0.39 is 17.8 Å². The number of aromatic nitrogens is 3. The monoisotopic (exact) mass is 399 g/mol. The SMILES string of the molecule is CC1=C(C(=O)Nc2ccccc2)C(c2ccc(C(F)(F)F)cc2)n2ncnc2N1. The average Bonchev–Trinajstić information content (AvgIpc) is 3.15. The van der Waals surface area contributed by atoms with Crippen LogP contribution in [0.5, 0.6) is 0 Å². The van der Waals surface area contributed by atoms with Gasteiger partial charge in [0.25, 0.3) is 5.91 Å². The van der Waals surface area contributed by atoms with Gasteiger partial charge >= 0.3 is 6.18 Å². The molecular weight excluding hydrogens is 383 g/mol. The summed E-state index contributed by atoms with van der Waals surface area (Å²) in [5.74, 6) is 0.0240. The molecule has 1 aromatic heterocycles. The summed E-state index contributed by atoms with van der Waals surface area (Å²) in [6.45, 7) is 1.72. The summed E-state index contributed by atoms with van der Waals surface area (Å²) in [7, 11) is 0. The lowest BCUT2D eigenvalue weighted by Gasteiger charge is -2.29. The van der Waals surface area contributed by atoms with Crippen LogP contribution in [0.15, 0.2) is 72.2 Å². The third kappa shape index (κ3) is 3.58. The molecule has 0 aliphatic carbocycles. The summed E-state index contributed by atoms with van der Waals surface area (Å²) in [5, 5.41) is 10.0. The Morgan fingerprint density at radius 3 is 2.45 bits per heavy atom. The van der Waals surface area contributed by atoms with Crippen molar-refractivity contribution in [3.05, 3.63) is 83.3 Å². The van der Waals surface area contributed by atoms with Crippen LogP contribution in [0.25, 0.3) is 0 Å². The largest absolute Gasteiger partial charge is 0.416 e. The Labute approximate surface area is 164 Å². The van der Waals surface area contributed by atoms with Gasteiger partial charge in [0.2, 0.25) is 5.95 Å². The molecule has 29 heavy (non-hydrogen) atoms. The van der Waals surface area contributed by atoms with Crippen molar-refractivity contribution in [2.75, 3.05) is 10.6 Å². The Balaban J connectivity index is 1.75. The van der Waals surface area contributed by atoms with Crippen molar-refractivity contribution in [3.63, 3.8) is 0 Å². The maximum absolute atomic E-state index is 13.1. The van der Waals surface area contributed by atoms with Gasteiger partial charge in [-0.05, 0) is 36.8 Å². The molecule has 6 nitrogen and oxygen atoms in total. The minimum absolute atomic E-state index is 0.339. The minimum atomic E-state index is -4.44. The number of anilines is 2. The van der Waals surface area contributed by atoms with Gasteiger partial charge in [-0.15, -0.1) is 0 Å². The Hall–Kier alpha value is -3.62. The normalized spacial score (nSPS) is 16.2. The number of halogens is 3. The van der Waals surface area contributed by atoms with Gasteiger partial charge in [0.15, 0.2) is 0 Å². The summed E-state index contributed by atoms with van der Waals surface area (Å²) in [5.41, 5.74) is 1.22. The van der Waals surface area contributed by atoms with Crippen molar-refractivity contribution >= 4 is 17.5 Å². The lowest BCUT2D eigenvalue weighted by molar-refractivity contribution is -0.137. The van der Waals surface area contributed by atoms with Crippen LogP contribution in [0.4, 0.5) is 24.8 Å². The second kappa shape index (κ2) is 7.08. The van der Waals surface area contributed by atoms with Gasteiger partial charge in [0.05, 0.1) is 11.1 Å². The number of allylic oxidation sites excluding steroid dienone is 1. The van der Waals surface area contributed by atoms with E-state index in [9.17, 15) is 18.0 Å². The number of rotatable bonds is 3. The van der Waals surface area contributed by atoms with Crippen molar-refractivity contribution in [1.29, 1.82) is 0 Å². The number of hydrogen-bond acceptors (Lipinski definition) is 4. The highest BCUT2D eigenvalue weighted by Gasteiger charge is 2.35. The molecule has 1 amide bonds. The lowest BCUT2D eigenvalue weighted by Crippen LogP contribution is -2.31. The topological polar surface area (TPSA) is 71.8 Å². The molecule has 4 rings (SSSR count). The highest BCUT2D eigenvalue weighted by molar-refractivity contribution is 6.06. The van der Waals surface area contributed by atoms with Crippen LogP contribution in [0.1, 0.15) is 24.1 Å². The van der Waals surface area contributed by atoms with Gasteiger partial charge in [-0.2, -0.15) is 23.3 Å². The van der Waals surface area contributed by atoms with E-state index in [0.717, 1.165) is 12.1 Å². The molecule has 3 aromatic rings. The summed E-state index contributed by atoms with van der Waals surface area (Å²) in [6.07, 6.45) is -3.12. The van der Waals surface area contributed by atoms with Gasteiger partial charge in [0.1, 0.15) is 12.4 Å². The predicted molar refractivity (Wildman–Crippen MR) is 101 cm³/mol. The molecule has 1 aliphatic heterocycles. The lowest BCUT2D eigenvalue weighted by atomic mass is 9.94. The zero-order valence-corrected chi connectivity index (χ0v) is 15.2. The maximum atomic E-state index is 13.1. The fraction of sp³-hybridized carbons (Fsp3) is 0.150. The van der Waals surface area contributed by atoms with Gasteiger partial charge < -0.3 is 10.6 Å². The number of nitrogens with zero attached hydrogens (tertiary/aromatic N) is 3. The molecule has 2 N–H and O–H groups in total. The second-order valence-corrected chi connectivity index (χ2v) is 6.53. The summed E-state index contributed by atoms with van der Waals surface area (Å²) in [6, 6.07) is 12.9. The van der Waals surface area contributed by atoms with E-state index in [1.165, 1.54) is 23.1 Å². The number of carbonyl (C=O) groups is 1. The number of hydrogen-bond donors (Lipinski definition) is 2. The first-order chi connectivity index (χ1) is 13.8. The van der Waals surface area contributed by atoms with E-state index in [1.807, 2.05) is 6.07 Å². The molecule has 2 aromatic carbocycles. The van der Waals surface area contributed by atoms with Crippen LogP contribution < -0.4 is 10.6 Å². The number of nitrogens with one attached hydrogen (secondary N) is 2. The summed E-state index contributed by atoms with van der Waals surface area (Å²) >= 11 is 0. The van der Waals surface area contributed by atoms with Crippen LogP contribution in [0.2, 0.25) is 0 Å². The number of fused-ring (bicyclic) bond motifs is 1. The van der Waals surface area contributed by atoms with Crippen molar-refractivity contribution in [1.82, 2.24) is 14.8 Å². The molecule has 0 saturated carbocycles. The van der Waals surface area contributed by atoms with Crippen molar-refractivity contribution in [3.8, 4) is 0 Å². The van der Waals surface area contributed by atoms with Crippen molar-refractivity contribution in [2.45, 2.75) is 19.1 Å². The first kappa shape index (κ1) is 18.7. The molecule has 148 valence electrons. The van der Waals surface area contributed by atoms with Gasteiger partial charge in [-0.1, -0.05) is 30.3 Å². The smallest absolute Gasteiger partial charge is 0.328 e. The van der Waals surface area contributed by atoms with Gasteiger partial charge in [-0.3, -0.25) is 4.79 Å². The molecule has 0 bridgehead atoms. The molecule has 2 heterocycles. The van der Waals surface area contributed by atoms with Crippen LogP contribution in [0.3, 0.4) is 0 Å². The first-order valence-corrected chi connectivity index (χ1v) is 8.75. The van der Waals surface area contributed by atoms with E-state index in [-0.39, 0.29) is 5.91 Å². The van der Waals surface area contributed by atoms with E-state index in [4.69, 9.17) is 0 Å². The third-order valence-corrected chi connectivity index (χ3v) is 4.62. The standard InChI is InChI=1S/C20H16F3N5O/c1-12-16(18(29)27-15-5-3-2-4-6-15)17(28-19(26-12)24-11-25-28)13-7-9-14(10-8-13)20(21,22)23/h2-11,17H,1H3,(H,27,29)(H,24,25,26). The van der Waals surface area contributed by atoms with Crippen LogP contribution in [0, 0.1) is 0 Å². The molecule has 0 radical (unpaired) electrons. The van der Waals surface area contributed by atoms with Crippen LogP contribution >= 0.6 is 0 Å². The van der Waals surface area contributed by atoms with Gasteiger partial charge in [0, 0.05) is 11.4 Å². The zero-order valence-electron chi connectivity index (χ0n) is 15.2. The Morgan fingerprint density at radius 1 is 1.10 bits per heavy atom. The number of alkyl halides is 3. The quantitative estimate of drug-likeness (QED) is 0.692. The number of benzene rings is 2. The van der Waals surface area contributed by atoms with E-state index in [1.54, 1.807) is 31.2 Å². The second-order valence-electron chi connectivity index (χ2n) is 6.53. The fourth-order valence-electron chi connectivity index (χ4n) is 3.27. The third-order valence-electron chi connectivity index (χ3n) is 4.62. The molecule has 0 spiro atoms. The van der Waals surface area contributed by atoms with Crippen molar-refractivity contribution in [2.24, 2.45) is 0 Å². The highest BCUT2D eigenvalue weighted by Crippen LogP contribution is 2.36. The van der Waals surface area contributed by atoms with E-state index in [0.29, 0.717) is 28.5 Å². The molecule has 9 heteroatoms. The number of carbonyl (C=O) groups excluding carboxylic acids is 1. The molecular formula is C20H16F3N5O. The highest BCUT2D eigenvalue weighted by atomic mass is 19.4. The van der Waals surface area contributed by atoms with Crippen LogP contribution in [-0.4, -0.2) is 20.7 Å².